The summed E-state index contributed by atoms with van der Waals surface area (Å²) in [6, 6.07) is 0.745. The van der Waals surface area contributed by atoms with Crippen LogP contribution in [0.2, 0.25) is 0 Å². The standard InChI is InChI=1S/C10H17N5O2/c11-5-3-9-14-15-10(17-9)12-6-4-8(16)13-7-1-2-7/h7H,1-6,11H2,(H,12,15)(H,13,16). The van der Waals surface area contributed by atoms with Gasteiger partial charge in [0.1, 0.15) is 0 Å². The monoisotopic (exact) mass is 239 g/mol. The molecule has 0 aromatic carbocycles. The van der Waals surface area contributed by atoms with Crippen molar-refractivity contribution in [1.29, 1.82) is 0 Å². The topological polar surface area (TPSA) is 106 Å². The fourth-order valence-electron chi connectivity index (χ4n) is 1.36. The second-order valence-electron chi connectivity index (χ2n) is 4.06. The van der Waals surface area contributed by atoms with Gasteiger partial charge in [-0.15, -0.1) is 5.10 Å². The summed E-state index contributed by atoms with van der Waals surface area (Å²) in [5, 5.41) is 13.4. The maximum absolute atomic E-state index is 11.4. The number of nitrogens with two attached hydrogens (primary N) is 1. The van der Waals surface area contributed by atoms with Crippen molar-refractivity contribution >= 4 is 11.9 Å². The van der Waals surface area contributed by atoms with Gasteiger partial charge >= 0.3 is 6.01 Å². The normalized spacial score (nSPS) is 14.6. The minimum Gasteiger partial charge on any atom is -0.408 e. The predicted molar refractivity (Wildman–Crippen MR) is 61.3 cm³/mol. The van der Waals surface area contributed by atoms with Gasteiger partial charge < -0.3 is 20.8 Å². The molecule has 7 heteroatoms. The van der Waals surface area contributed by atoms with Crippen LogP contribution >= 0.6 is 0 Å². The number of rotatable bonds is 7. The lowest BCUT2D eigenvalue weighted by Gasteiger charge is -2.02. The smallest absolute Gasteiger partial charge is 0.315 e. The molecule has 1 aromatic rings. The summed E-state index contributed by atoms with van der Waals surface area (Å²) in [4.78, 5) is 11.4. The van der Waals surface area contributed by atoms with Gasteiger partial charge in [-0.3, -0.25) is 4.79 Å². The summed E-state index contributed by atoms with van der Waals surface area (Å²) in [6.07, 6.45) is 3.18. The highest BCUT2D eigenvalue weighted by molar-refractivity contribution is 5.77. The summed E-state index contributed by atoms with van der Waals surface area (Å²) in [5.74, 6) is 0.569. The van der Waals surface area contributed by atoms with Crippen LogP contribution in [0.15, 0.2) is 4.42 Å². The zero-order chi connectivity index (χ0) is 12.1. The molecule has 0 unspecified atom stereocenters. The summed E-state index contributed by atoms with van der Waals surface area (Å²) < 4.78 is 5.25. The molecule has 0 spiro atoms. The zero-order valence-corrected chi connectivity index (χ0v) is 9.61. The number of nitrogens with one attached hydrogen (secondary N) is 2. The molecule has 4 N–H and O–H groups in total. The molecule has 7 nitrogen and oxygen atoms in total. The Labute approximate surface area is 99.1 Å². The molecule has 0 bridgehead atoms. The summed E-state index contributed by atoms with van der Waals surface area (Å²) >= 11 is 0. The van der Waals surface area contributed by atoms with E-state index in [0.29, 0.717) is 43.9 Å². The Kier molecular flexibility index (Phi) is 3.92. The second-order valence-corrected chi connectivity index (χ2v) is 4.06. The molecule has 0 saturated heterocycles. The number of hydrogen-bond donors (Lipinski definition) is 3. The molecule has 1 aromatic heterocycles. The molecule has 0 atom stereocenters. The van der Waals surface area contributed by atoms with E-state index in [2.05, 4.69) is 20.8 Å². The van der Waals surface area contributed by atoms with Crippen LogP contribution in [-0.4, -0.2) is 35.2 Å². The average molecular weight is 239 g/mol. The first-order valence-corrected chi connectivity index (χ1v) is 5.83. The molecule has 1 amide bonds. The number of carbonyl (C=O) groups is 1. The van der Waals surface area contributed by atoms with Gasteiger partial charge in [-0.25, -0.2) is 0 Å². The van der Waals surface area contributed by atoms with Crippen molar-refractivity contribution in [3.05, 3.63) is 5.89 Å². The lowest BCUT2D eigenvalue weighted by molar-refractivity contribution is -0.120. The molecular weight excluding hydrogens is 222 g/mol. The van der Waals surface area contributed by atoms with Crippen LogP contribution in [0.25, 0.3) is 0 Å². The van der Waals surface area contributed by atoms with Crippen molar-refractivity contribution in [1.82, 2.24) is 15.5 Å². The van der Waals surface area contributed by atoms with E-state index in [0.717, 1.165) is 12.8 Å². The first-order valence-electron chi connectivity index (χ1n) is 5.83. The molecule has 94 valence electrons. The summed E-state index contributed by atoms with van der Waals surface area (Å²) in [7, 11) is 0. The minimum atomic E-state index is 0.0571. The third-order valence-corrected chi connectivity index (χ3v) is 2.40. The lowest BCUT2D eigenvalue weighted by Crippen LogP contribution is -2.27. The number of hydrogen-bond acceptors (Lipinski definition) is 6. The van der Waals surface area contributed by atoms with Gasteiger partial charge in [-0.2, -0.15) is 0 Å². The van der Waals surface area contributed by atoms with Gasteiger partial charge in [0, 0.05) is 32.0 Å². The molecule has 1 heterocycles. The fourth-order valence-corrected chi connectivity index (χ4v) is 1.36. The van der Waals surface area contributed by atoms with E-state index >= 15 is 0 Å². The maximum atomic E-state index is 11.4. The quantitative estimate of drug-likeness (QED) is 0.600. The van der Waals surface area contributed by atoms with Crippen LogP contribution in [0.5, 0.6) is 0 Å². The number of nitrogens with zero attached hydrogens (tertiary/aromatic N) is 2. The zero-order valence-electron chi connectivity index (χ0n) is 9.61. The van der Waals surface area contributed by atoms with E-state index in [1.54, 1.807) is 0 Å². The first kappa shape index (κ1) is 11.8. The molecule has 1 fully saturated rings. The van der Waals surface area contributed by atoms with Gasteiger partial charge in [0.25, 0.3) is 0 Å². The number of carbonyl (C=O) groups excluding carboxylic acids is 1. The van der Waals surface area contributed by atoms with Crippen molar-refractivity contribution in [2.45, 2.75) is 31.7 Å². The van der Waals surface area contributed by atoms with E-state index in [9.17, 15) is 4.79 Å². The van der Waals surface area contributed by atoms with Crippen molar-refractivity contribution < 1.29 is 9.21 Å². The molecule has 0 radical (unpaired) electrons. The SMILES string of the molecule is NCCc1nnc(NCCC(=O)NC2CC2)o1. The molecular formula is C10H17N5O2. The Bertz CT molecular complexity index is 375. The van der Waals surface area contributed by atoms with Gasteiger partial charge in [0.05, 0.1) is 0 Å². The second kappa shape index (κ2) is 5.62. The number of aromatic nitrogens is 2. The highest BCUT2D eigenvalue weighted by Gasteiger charge is 2.22. The van der Waals surface area contributed by atoms with E-state index in [4.69, 9.17) is 10.2 Å². The molecule has 2 rings (SSSR count). The maximum Gasteiger partial charge on any atom is 0.315 e. The van der Waals surface area contributed by atoms with E-state index < -0.39 is 0 Å². The average Bonchev–Trinajstić information content (AvgIpc) is 2.99. The van der Waals surface area contributed by atoms with Crippen molar-refractivity contribution in [2.75, 3.05) is 18.4 Å². The number of amides is 1. The van der Waals surface area contributed by atoms with Crippen molar-refractivity contribution in [3.63, 3.8) is 0 Å². The fraction of sp³-hybridized carbons (Fsp3) is 0.700. The Morgan fingerprint density at radius 2 is 2.29 bits per heavy atom. The molecule has 1 aliphatic carbocycles. The van der Waals surface area contributed by atoms with E-state index in [-0.39, 0.29) is 5.91 Å². The highest BCUT2D eigenvalue weighted by atomic mass is 16.4. The van der Waals surface area contributed by atoms with Crippen LogP contribution < -0.4 is 16.4 Å². The molecule has 0 aliphatic heterocycles. The molecule has 17 heavy (non-hydrogen) atoms. The van der Waals surface area contributed by atoms with Gasteiger partial charge in [-0.1, -0.05) is 5.10 Å². The largest absolute Gasteiger partial charge is 0.408 e. The Morgan fingerprint density at radius 1 is 1.47 bits per heavy atom. The molecule has 1 saturated carbocycles. The summed E-state index contributed by atoms with van der Waals surface area (Å²) in [6.45, 7) is 0.967. The predicted octanol–water partition coefficient (Wildman–Crippen LogP) is -0.349. The first-order chi connectivity index (χ1) is 8.28. The Balaban J connectivity index is 1.64. The van der Waals surface area contributed by atoms with E-state index in [1.165, 1.54) is 0 Å². The Hall–Kier alpha value is -1.63. The number of anilines is 1. The Morgan fingerprint density at radius 3 is 3.00 bits per heavy atom. The third kappa shape index (κ3) is 4.03. The van der Waals surface area contributed by atoms with Crippen molar-refractivity contribution in [3.8, 4) is 0 Å². The van der Waals surface area contributed by atoms with Gasteiger partial charge in [-0.05, 0) is 12.8 Å². The summed E-state index contributed by atoms with van der Waals surface area (Å²) in [5.41, 5.74) is 5.36. The molecule has 1 aliphatic rings. The van der Waals surface area contributed by atoms with Gasteiger partial charge in [0.15, 0.2) is 0 Å². The van der Waals surface area contributed by atoms with Gasteiger partial charge in [0.2, 0.25) is 11.8 Å². The van der Waals surface area contributed by atoms with Crippen LogP contribution in [0.1, 0.15) is 25.2 Å². The van der Waals surface area contributed by atoms with Crippen LogP contribution in [-0.2, 0) is 11.2 Å². The lowest BCUT2D eigenvalue weighted by atomic mass is 10.4. The van der Waals surface area contributed by atoms with Crippen LogP contribution in [0.3, 0.4) is 0 Å². The van der Waals surface area contributed by atoms with E-state index in [1.807, 2.05) is 0 Å². The minimum absolute atomic E-state index is 0.0571. The van der Waals surface area contributed by atoms with Crippen LogP contribution in [0.4, 0.5) is 6.01 Å². The third-order valence-electron chi connectivity index (χ3n) is 2.40. The van der Waals surface area contributed by atoms with Crippen LogP contribution in [0, 0.1) is 0 Å². The van der Waals surface area contributed by atoms with Crippen molar-refractivity contribution in [2.24, 2.45) is 5.73 Å². The highest BCUT2D eigenvalue weighted by Crippen LogP contribution is 2.18.